The number of nitrogens with one attached hydrogen (secondary N) is 2. The number of halogens is 1. The van der Waals surface area contributed by atoms with Crippen LogP contribution in [-0.2, 0) is 4.79 Å². The molecule has 0 saturated carbocycles. The van der Waals surface area contributed by atoms with E-state index in [2.05, 4.69) is 10.6 Å². The molecule has 1 fully saturated rings. The molecule has 0 aromatic heterocycles. The zero-order valence-corrected chi connectivity index (χ0v) is 12.8. The van der Waals surface area contributed by atoms with E-state index in [1.54, 1.807) is 36.1 Å². The van der Waals surface area contributed by atoms with Crippen molar-refractivity contribution in [3.8, 4) is 0 Å². The summed E-state index contributed by atoms with van der Waals surface area (Å²) in [7, 11) is 0. The zero-order valence-electron chi connectivity index (χ0n) is 12.1. The van der Waals surface area contributed by atoms with Crippen molar-refractivity contribution in [3.05, 3.63) is 34.9 Å². The third kappa shape index (κ3) is 4.44. The predicted molar refractivity (Wildman–Crippen MR) is 82.4 cm³/mol. The third-order valence-electron chi connectivity index (χ3n) is 3.48. The van der Waals surface area contributed by atoms with Gasteiger partial charge in [-0.1, -0.05) is 11.6 Å². The molecule has 1 aromatic rings. The first kappa shape index (κ1) is 15.8. The fourth-order valence-electron chi connectivity index (χ4n) is 2.28. The molecule has 1 atom stereocenters. The Morgan fingerprint density at radius 3 is 2.67 bits per heavy atom. The van der Waals surface area contributed by atoms with Gasteiger partial charge in [0.2, 0.25) is 5.91 Å². The maximum Gasteiger partial charge on any atom is 0.251 e. The monoisotopic (exact) mass is 309 g/mol. The summed E-state index contributed by atoms with van der Waals surface area (Å²) in [5, 5.41) is 6.57. The van der Waals surface area contributed by atoms with E-state index in [0.717, 1.165) is 26.1 Å². The van der Waals surface area contributed by atoms with Crippen LogP contribution >= 0.6 is 11.6 Å². The Morgan fingerprint density at radius 1 is 1.24 bits per heavy atom. The maximum atomic E-state index is 12.3. The Hall–Kier alpha value is -1.59. The van der Waals surface area contributed by atoms with E-state index >= 15 is 0 Å². The zero-order chi connectivity index (χ0) is 15.2. The standard InChI is InChI=1S/C15H20ClN3O2/c1-11(15(21)19-9-2-7-17-8-10-19)18-14(20)12-3-5-13(16)6-4-12/h3-6,11,17H,2,7-10H2,1H3,(H,18,20). The van der Waals surface area contributed by atoms with E-state index in [9.17, 15) is 9.59 Å². The molecule has 0 radical (unpaired) electrons. The quantitative estimate of drug-likeness (QED) is 0.884. The van der Waals surface area contributed by atoms with Gasteiger partial charge in [-0.2, -0.15) is 0 Å². The highest BCUT2D eigenvalue weighted by Gasteiger charge is 2.22. The summed E-state index contributed by atoms with van der Waals surface area (Å²) in [5.41, 5.74) is 0.497. The summed E-state index contributed by atoms with van der Waals surface area (Å²) >= 11 is 5.79. The van der Waals surface area contributed by atoms with E-state index in [4.69, 9.17) is 11.6 Å². The Labute approximate surface area is 129 Å². The SMILES string of the molecule is CC(NC(=O)c1ccc(Cl)cc1)C(=O)N1CCCNCC1. The number of carbonyl (C=O) groups excluding carboxylic acids is 2. The number of hydrogen-bond acceptors (Lipinski definition) is 3. The summed E-state index contributed by atoms with van der Waals surface area (Å²) < 4.78 is 0. The molecule has 0 bridgehead atoms. The van der Waals surface area contributed by atoms with Gasteiger partial charge < -0.3 is 15.5 Å². The van der Waals surface area contributed by atoms with Crippen LogP contribution in [0.15, 0.2) is 24.3 Å². The van der Waals surface area contributed by atoms with Crippen molar-refractivity contribution >= 4 is 23.4 Å². The van der Waals surface area contributed by atoms with Gasteiger partial charge in [-0.05, 0) is 44.2 Å². The molecule has 5 nitrogen and oxygen atoms in total. The molecule has 0 spiro atoms. The van der Waals surface area contributed by atoms with Crippen LogP contribution in [-0.4, -0.2) is 48.9 Å². The highest BCUT2D eigenvalue weighted by atomic mass is 35.5. The smallest absolute Gasteiger partial charge is 0.251 e. The van der Waals surface area contributed by atoms with Crippen molar-refractivity contribution in [2.45, 2.75) is 19.4 Å². The second-order valence-corrected chi connectivity index (χ2v) is 5.57. The van der Waals surface area contributed by atoms with E-state index in [-0.39, 0.29) is 11.8 Å². The van der Waals surface area contributed by atoms with Crippen molar-refractivity contribution < 1.29 is 9.59 Å². The molecule has 2 N–H and O–H groups in total. The van der Waals surface area contributed by atoms with Gasteiger partial charge >= 0.3 is 0 Å². The lowest BCUT2D eigenvalue weighted by molar-refractivity contribution is -0.132. The average molecular weight is 310 g/mol. The summed E-state index contributed by atoms with van der Waals surface area (Å²) in [6.45, 7) is 4.85. The Morgan fingerprint density at radius 2 is 1.95 bits per heavy atom. The van der Waals surface area contributed by atoms with Crippen LogP contribution < -0.4 is 10.6 Å². The molecule has 1 aromatic carbocycles. The van der Waals surface area contributed by atoms with Crippen molar-refractivity contribution in [3.63, 3.8) is 0 Å². The van der Waals surface area contributed by atoms with Crippen LogP contribution in [0.4, 0.5) is 0 Å². The van der Waals surface area contributed by atoms with Gasteiger partial charge in [-0.3, -0.25) is 9.59 Å². The lowest BCUT2D eigenvalue weighted by Gasteiger charge is -2.24. The fraction of sp³-hybridized carbons (Fsp3) is 0.467. The summed E-state index contributed by atoms with van der Waals surface area (Å²) in [6.07, 6.45) is 0.934. The number of hydrogen-bond donors (Lipinski definition) is 2. The molecular formula is C15H20ClN3O2. The van der Waals surface area contributed by atoms with Crippen LogP contribution in [0.2, 0.25) is 5.02 Å². The van der Waals surface area contributed by atoms with Gasteiger partial charge in [0.25, 0.3) is 5.91 Å². The summed E-state index contributed by atoms with van der Waals surface area (Å²) in [4.78, 5) is 26.2. The maximum absolute atomic E-state index is 12.3. The van der Waals surface area contributed by atoms with Crippen molar-refractivity contribution in [2.75, 3.05) is 26.2 Å². The lowest BCUT2D eigenvalue weighted by Crippen LogP contribution is -2.47. The molecule has 0 aliphatic carbocycles. The van der Waals surface area contributed by atoms with Gasteiger partial charge in [0.15, 0.2) is 0 Å². The van der Waals surface area contributed by atoms with Crippen LogP contribution in [0.3, 0.4) is 0 Å². The van der Waals surface area contributed by atoms with Crippen LogP contribution in [0.25, 0.3) is 0 Å². The van der Waals surface area contributed by atoms with Crippen LogP contribution in [0.5, 0.6) is 0 Å². The molecule has 1 unspecified atom stereocenters. The molecule has 1 heterocycles. The van der Waals surface area contributed by atoms with Gasteiger partial charge in [0.1, 0.15) is 6.04 Å². The number of amides is 2. The molecule has 2 rings (SSSR count). The van der Waals surface area contributed by atoms with E-state index in [1.807, 2.05) is 0 Å². The van der Waals surface area contributed by atoms with E-state index < -0.39 is 6.04 Å². The second-order valence-electron chi connectivity index (χ2n) is 5.13. The average Bonchev–Trinajstić information content (AvgIpc) is 2.76. The fourth-order valence-corrected chi connectivity index (χ4v) is 2.41. The molecule has 6 heteroatoms. The van der Waals surface area contributed by atoms with E-state index in [1.165, 1.54) is 0 Å². The predicted octanol–water partition coefficient (Wildman–Crippen LogP) is 1.28. The number of rotatable bonds is 3. The number of nitrogens with zero attached hydrogens (tertiary/aromatic N) is 1. The summed E-state index contributed by atoms with van der Waals surface area (Å²) in [6, 6.07) is 6.06. The van der Waals surface area contributed by atoms with E-state index in [0.29, 0.717) is 17.1 Å². The van der Waals surface area contributed by atoms with Crippen LogP contribution in [0, 0.1) is 0 Å². The molecular weight excluding hydrogens is 290 g/mol. The molecule has 1 aliphatic heterocycles. The first-order chi connectivity index (χ1) is 10.1. The first-order valence-electron chi connectivity index (χ1n) is 7.14. The summed E-state index contributed by atoms with van der Waals surface area (Å²) in [5.74, 6) is -0.304. The second kappa shape index (κ2) is 7.43. The lowest BCUT2D eigenvalue weighted by atomic mass is 10.2. The number of carbonyl (C=O) groups is 2. The minimum absolute atomic E-state index is 0.0407. The van der Waals surface area contributed by atoms with Gasteiger partial charge in [-0.15, -0.1) is 0 Å². The van der Waals surface area contributed by atoms with Crippen molar-refractivity contribution in [2.24, 2.45) is 0 Å². The molecule has 1 aliphatic rings. The van der Waals surface area contributed by atoms with Gasteiger partial charge in [0, 0.05) is 30.2 Å². The normalized spacial score (nSPS) is 17.0. The third-order valence-corrected chi connectivity index (χ3v) is 3.73. The van der Waals surface area contributed by atoms with Gasteiger partial charge in [0.05, 0.1) is 0 Å². The number of benzene rings is 1. The minimum Gasteiger partial charge on any atom is -0.341 e. The largest absolute Gasteiger partial charge is 0.341 e. The topological polar surface area (TPSA) is 61.4 Å². The molecule has 1 saturated heterocycles. The first-order valence-corrected chi connectivity index (χ1v) is 7.51. The van der Waals surface area contributed by atoms with Crippen LogP contribution in [0.1, 0.15) is 23.7 Å². The highest BCUT2D eigenvalue weighted by Crippen LogP contribution is 2.09. The Kier molecular flexibility index (Phi) is 5.59. The Balaban J connectivity index is 1.93. The molecule has 2 amide bonds. The van der Waals surface area contributed by atoms with Gasteiger partial charge in [-0.25, -0.2) is 0 Å². The minimum atomic E-state index is -0.536. The molecule has 21 heavy (non-hydrogen) atoms. The highest BCUT2D eigenvalue weighted by molar-refractivity contribution is 6.30. The Bertz CT molecular complexity index is 496. The molecule has 114 valence electrons. The van der Waals surface area contributed by atoms with Crippen molar-refractivity contribution in [1.82, 2.24) is 15.5 Å². The van der Waals surface area contributed by atoms with Crippen molar-refractivity contribution in [1.29, 1.82) is 0 Å².